The molecule has 98 valence electrons. The second-order valence-electron chi connectivity index (χ2n) is 3.84. The molecule has 1 rings (SSSR count). The Labute approximate surface area is 108 Å². The highest BCUT2D eigenvalue weighted by Gasteiger charge is 2.11. The molecule has 0 spiro atoms. The van der Waals surface area contributed by atoms with Crippen molar-refractivity contribution >= 4 is 20.6 Å². The Balaban J connectivity index is 2.73. The fraction of sp³-hybridized carbons (Fsp3) is 0.364. The van der Waals surface area contributed by atoms with Gasteiger partial charge in [0, 0.05) is 28.4 Å². The summed E-state index contributed by atoms with van der Waals surface area (Å²) in [6.07, 6.45) is 1.06. The van der Waals surface area contributed by atoms with Crippen LogP contribution in [0.3, 0.4) is 0 Å². The summed E-state index contributed by atoms with van der Waals surface area (Å²) in [5, 5.41) is 8.67. The predicted octanol–water partition coefficient (Wildman–Crippen LogP) is 0.991. The monoisotopic (exact) mass is 289 g/mol. The molecule has 4 nitrogen and oxygen atoms in total. The zero-order valence-electron chi connectivity index (χ0n) is 9.72. The van der Waals surface area contributed by atoms with Crippen LogP contribution in [0.25, 0.3) is 0 Å². The first-order valence-electron chi connectivity index (χ1n) is 5.03. The molecule has 1 aromatic carbocycles. The zero-order valence-corrected chi connectivity index (χ0v) is 11.4. The van der Waals surface area contributed by atoms with E-state index >= 15 is 0 Å². The second kappa shape index (κ2) is 6.07. The molecule has 0 fully saturated rings. The highest BCUT2D eigenvalue weighted by atomic mass is 32.2. The molecule has 0 radical (unpaired) electrons. The van der Waals surface area contributed by atoms with Gasteiger partial charge in [0.25, 0.3) is 0 Å². The average molecular weight is 289 g/mol. The predicted molar refractivity (Wildman–Crippen MR) is 67.5 cm³/mol. The third-order valence-electron chi connectivity index (χ3n) is 2.17. The third-order valence-corrected chi connectivity index (χ3v) is 4.67. The molecule has 0 aliphatic rings. The van der Waals surface area contributed by atoms with Gasteiger partial charge in [-0.3, -0.25) is 4.21 Å². The molecule has 0 heterocycles. The topological polar surface area (TPSA) is 75.0 Å². The molecule has 1 unspecified atom stereocenters. The standard InChI is InChI=1S/C11H12FNO3S2/c1-18(15,16)5-4-17(14)8-10-6-9(7-13)2-3-11(10)12/h2-3,6H,4-5,8H2,1H3. The number of nitriles is 1. The molecule has 0 amide bonds. The Bertz CT molecular complexity index is 605. The van der Waals surface area contributed by atoms with Gasteiger partial charge >= 0.3 is 0 Å². The molecule has 0 aromatic heterocycles. The Kier molecular flexibility index (Phi) is 4.99. The minimum atomic E-state index is -3.17. The van der Waals surface area contributed by atoms with E-state index in [4.69, 9.17) is 5.26 Å². The van der Waals surface area contributed by atoms with Crippen LogP contribution in [-0.4, -0.2) is 30.4 Å². The highest BCUT2D eigenvalue weighted by Crippen LogP contribution is 2.12. The lowest BCUT2D eigenvalue weighted by Gasteiger charge is -2.04. The van der Waals surface area contributed by atoms with Crippen molar-refractivity contribution in [3.8, 4) is 6.07 Å². The molecule has 0 aliphatic heterocycles. The number of hydrogen-bond donors (Lipinski definition) is 0. The molecular weight excluding hydrogens is 277 g/mol. The maximum Gasteiger partial charge on any atom is 0.148 e. The summed E-state index contributed by atoms with van der Waals surface area (Å²) >= 11 is 0. The lowest BCUT2D eigenvalue weighted by molar-refractivity contribution is 0.602. The van der Waals surface area contributed by atoms with Crippen LogP contribution in [0.15, 0.2) is 18.2 Å². The van der Waals surface area contributed by atoms with Gasteiger partial charge < -0.3 is 0 Å². The van der Waals surface area contributed by atoms with Gasteiger partial charge in [0.2, 0.25) is 0 Å². The first kappa shape index (κ1) is 14.8. The second-order valence-corrected chi connectivity index (χ2v) is 7.67. The Morgan fingerprint density at radius 3 is 2.67 bits per heavy atom. The quantitative estimate of drug-likeness (QED) is 0.810. The summed E-state index contributed by atoms with van der Waals surface area (Å²) in [5.41, 5.74) is 0.451. The minimum absolute atomic E-state index is 0.0327. The molecule has 7 heteroatoms. The number of hydrogen-bond acceptors (Lipinski definition) is 4. The molecule has 1 aromatic rings. The van der Waals surface area contributed by atoms with Crippen LogP contribution in [0.5, 0.6) is 0 Å². The van der Waals surface area contributed by atoms with E-state index in [0.29, 0.717) is 0 Å². The van der Waals surface area contributed by atoms with Gasteiger partial charge in [0.15, 0.2) is 0 Å². The molecule has 0 bridgehead atoms. The largest absolute Gasteiger partial charge is 0.259 e. The lowest BCUT2D eigenvalue weighted by Crippen LogP contribution is -2.13. The highest BCUT2D eigenvalue weighted by molar-refractivity contribution is 7.92. The van der Waals surface area contributed by atoms with Gasteiger partial charge in [-0.1, -0.05) is 0 Å². The van der Waals surface area contributed by atoms with Crippen molar-refractivity contribution in [3.05, 3.63) is 35.1 Å². The van der Waals surface area contributed by atoms with E-state index in [1.807, 2.05) is 6.07 Å². The van der Waals surface area contributed by atoms with E-state index in [2.05, 4.69) is 0 Å². The summed E-state index contributed by atoms with van der Waals surface area (Å²) in [6.45, 7) is 0. The Morgan fingerprint density at radius 2 is 2.11 bits per heavy atom. The molecule has 0 saturated carbocycles. The summed E-state index contributed by atoms with van der Waals surface area (Å²) in [7, 11) is -4.64. The van der Waals surface area contributed by atoms with Crippen molar-refractivity contribution in [2.75, 3.05) is 17.8 Å². The number of benzene rings is 1. The van der Waals surface area contributed by atoms with Gasteiger partial charge in [-0.25, -0.2) is 12.8 Å². The van der Waals surface area contributed by atoms with E-state index in [9.17, 15) is 17.0 Å². The van der Waals surface area contributed by atoms with Gasteiger partial charge in [-0.2, -0.15) is 5.26 Å². The van der Waals surface area contributed by atoms with Gasteiger partial charge in [0.1, 0.15) is 15.7 Å². The smallest absolute Gasteiger partial charge is 0.148 e. The number of sulfone groups is 1. The van der Waals surface area contributed by atoms with E-state index < -0.39 is 26.5 Å². The first-order valence-corrected chi connectivity index (χ1v) is 8.58. The fourth-order valence-corrected chi connectivity index (χ4v) is 3.91. The van der Waals surface area contributed by atoms with E-state index in [0.717, 1.165) is 12.3 Å². The van der Waals surface area contributed by atoms with E-state index in [1.54, 1.807) is 0 Å². The molecule has 0 aliphatic carbocycles. The number of halogens is 1. The van der Waals surface area contributed by atoms with Crippen molar-refractivity contribution in [3.63, 3.8) is 0 Å². The van der Waals surface area contributed by atoms with Crippen LogP contribution in [0.2, 0.25) is 0 Å². The average Bonchev–Trinajstić information content (AvgIpc) is 2.28. The van der Waals surface area contributed by atoms with Crippen molar-refractivity contribution in [2.24, 2.45) is 0 Å². The van der Waals surface area contributed by atoms with Crippen LogP contribution >= 0.6 is 0 Å². The SMILES string of the molecule is CS(=O)(=O)CCS(=O)Cc1cc(C#N)ccc1F. The van der Waals surface area contributed by atoms with Crippen LogP contribution < -0.4 is 0 Å². The van der Waals surface area contributed by atoms with Crippen LogP contribution in [-0.2, 0) is 26.4 Å². The third kappa shape index (κ3) is 4.94. The summed E-state index contributed by atoms with van der Waals surface area (Å²) in [6, 6.07) is 5.66. The summed E-state index contributed by atoms with van der Waals surface area (Å²) in [4.78, 5) is 0. The van der Waals surface area contributed by atoms with Gasteiger partial charge in [0.05, 0.1) is 23.1 Å². The normalized spacial score (nSPS) is 12.9. The lowest BCUT2D eigenvalue weighted by atomic mass is 10.1. The van der Waals surface area contributed by atoms with Gasteiger partial charge in [-0.05, 0) is 18.2 Å². The maximum absolute atomic E-state index is 13.4. The minimum Gasteiger partial charge on any atom is -0.259 e. The van der Waals surface area contributed by atoms with Crippen molar-refractivity contribution in [2.45, 2.75) is 5.75 Å². The number of rotatable bonds is 5. The first-order chi connectivity index (χ1) is 8.31. The molecule has 18 heavy (non-hydrogen) atoms. The van der Waals surface area contributed by atoms with Crippen LogP contribution in [0.4, 0.5) is 4.39 Å². The van der Waals surface area contributed by atoms with E-state index in [-0.39, 0.29) is 28.4 Å². The Hall–Kier alpha value is -1.26. The van der Waals surface area contributed by atoms with Crippen LogP contribution in [0, 0.1) is 17.1 Å². The molecular formula is C11H12FNO3S2. The molecule has 1 atom stereocenters. The maximum atomic E-state index is 13.4. The summed E-state index contributed by atoms with van der Waals surface area (Å²) in [5.74, 6) is -0.854. The fourth-order valence-electron chi connectivity index (χ4n) is 1.24. The van der Waals surface area contributed by atoms with Crippen LogP contribution in [0.1, 0.15) is 11.1 Å². The van der Waals surface area contributed by atoms with Gasteiger partial charge in [-0.15, -0.1) is 0 Å². The van der Waals surface area contributed by atoms with E-state index in [1.165, 1.54) is 12.1 Å². The van der Waals surface area contributed by atoms with Crippen molar-refractivity contribution in [1.29, 1.82) is 5.26 Å². The Morgan fingerprint density at radius 1 is 1.44 bits per heavy atom. The zero-order chi connectivity index (χ0) is 13.8. The molecule has 0 N–H and O–H groups in total. The summed E-state index contributed by atoms with van der Waals surface area (Å²) < 4.78 is 46.8. The van der Waals surface area contributed by atoms with Crippen molar-refractivity contribution < 1.29 is 17.0 Å². The van der Waals surface area contributed by atoms with Crippen molar-refractivity contribution in [1.82, 2.24) is 0 Å². The number of nitrogens with zero attached hydrogens (tertiary/aromatic N) is 1. The molecule has 0 saturated heterocycles.